The summed E-state index contributed by atoms with van der Waals surface area (Å²) in [6.07, 6.45) is 1.88. The molecular weight excluding hydrogens is 388 g/mol. The predicted octanol–water partition coefficient (Wildman–Crippen LogP) is 4.23. The van der Waals surface area contributed by atoms with Gasteiger partial charge in [-0.05, 0) is 56.2 Å². The van der Waals surface area contributed by atoms with E-state index in [1.807, 2.05) is 12.1 Å². The number of hydrogen-bond donors (Lipinski definition) is 1. The van der Waals surface area contributed by atoms with E-state index in [9.17, 15) is 4.79 Å². The van der Waals surface area contributed by atoms with E-state index in [4.69, 9.17) is 16.1 Å². The smallest absolute Gasteiger partial charge is 0.246 e. The summed E-state index contributed by atoms with van der Waals surface area (Å²) in [5, 5.41) is 7.57. The van der Waals surface area contributed by atoms with Gasteiger partial charge in [-0.3, -0.25) is 4.79 Å². The number of carbonyl (C=O) groups excluding carboxylic acids is 1. The van der Waals surface area contributed by atoms with E-state index in [1.54, 1.807) is 12.1 Å². The molecule has 1 aliphatic rings. The number of aromatic nitrogens is 2. The van der Waals surface area contributed by atoms with E-state index in [2.05, 4.69) is 51.5 Å². The predicted molar refractivity (Wildman–Crippen MR) is 113 cm³/mol. The van der Waals surface area contributed by atoms with Crippen LogP contribution in [0.15, 0.2) is 53.1 Å². The normalized spacial score (nSPS) is 16.6. The van der Waals surface area contributed by atoms with Crippen molar-refractivity contribution in [2.75, 3.05) is 18.0 Å². The molecule has 1 unspecified atom stereocenters. The van der Waals surface area contributed by atoms with E-state index in [0.29, 0.717) is 16.7 Å². The minimum Gasteiger partial charge on any atom is -0.371 e. The largest absolute Gasteiger partial charge is 0.371 e. The Morgan fingerprint density at radius 1 is 1.21 bits per heavy atom. The molecule has 0 radical (unpaired) electrons. The molecule has 1 fully saturated rings. The van der Waals surface area contributed by atoms with Crippen molar-refractivity contribution in [3.05, 3.63) is 65.0 Å². The maximum atomic E-state index is 12.7. The van der Waals surface area contributed by atoms with Crippen molar-refractivity contribution in [1.29, 1.82) is 0 Å². The van der Waals surface area contributed by atoms with Crippen LogP contribution in [0.2, 0.25) is 5.02 Å². The van der Waals surface area contributed by atoms with Crippen LogP contribution >= 0.6 is 11.6 Å². The van der Waals surface area contributed by atoms with E-state index < -0.39 is 0 Å². The van der Waals surface area contributed by atoms with Crippen LogP contribution in [0.4, 0.5) is 5.69 Å². The lowest BCUT2D eigenvalue weighted by molar-refractivity contribution is -0.125. The summed E-state index contributed by atoms with van der Waals surface area (Å²) in [5.74, 6) is 0.834. The molecule has 6 nitrogen and oxygen atoms in total. The fraction of sp³-hybridized carbons (Fsp3) is 0.318. The van der Waals surface area contributed by atoms with Crippen molar-refractivity contribution in [3.8, 4) is 11.4 Å². The van der Waals surface area contributed by atoms with Crippen molar-refractivity contribution in [2.24, 2.45) is 5.92 Å². The standard InChI is InChI=1S/C22H23ClN4O2/c1-15-4-10-19(11-5-15)27-12-2-3-17(14-27)22(28)24-13-20-25-21(26-29-20)16-6-8-18(23)9-7-16/h4-11,17H,2-3,12-14H2,1H3,(H,24,28). The zero-order valence-electron chi connectivity index (χ0n) is 16.3. The monoisotopic (exact) mass is 410 g/mol. The lowest BCUT2D eigenvalue weighted by Crippen LogP contribution is -2.43. The molecule has 150 valence electrons. The summed E-state index contributed by atoms with van der Waals surface area (Å²) in [7, 11) is 0. The number of nitrogens with zero attached hydrogens (tertiary/aromatic N) is 3. The lowest BCUT2D eigenvalue weighted by atomic mass is 9.96. The molecule has 7 heteroatoms. The van der Waals surface area contributed by atoms with Crippen molar-refractivity contribution in [2.45, 2.75) is 26.3 Å². The number of benzene rings is 2. The number of piperidine rings is 1. The highest BCUT2D eigenvalue weighted by molar-refractivity contribution is 6.30. The van der Waals surface area contributed by atoms with Gasteiger partial charge in [0.25, 0.3) is 0 Å². The topological polar surface area (TPSA) is 71.3 Å². The Bertz CT molecular complexity index is 969. The van der Waals surface area contributed by atoms with Crippen molar-refractivity contribution in [1.82, 2.24) is 15.5 Å². The molecule has 4 rings (SSSR count). The first kappa shape index (κ1) is 19.5. The molecule has 1 amide bonds. The highest BCUT2D eigenvalue weighted by Gasteiger charge is 2.26. The van der Waals surface area contributed by atoms with Crippen LogP contribution < -0.4 is 10.2 Å². The molecule has 0 saturated carbocycles. The van der Waals surface area contributed by atoms with Crippen LogP contribution in [0, 0.1) is 12.8 Å². The average Bonchev–Trinajstić information content (AvgIpc) is 3.22. The Kier molecular flexibility index (Phi) is 5.81. The fourth-order valence-corrected chi connectivity index (χ4v) is 3.66. The zero-order chi connectivity index (χ0) is 20.2. The summed E-state index contributed by atoms with van der Waals surface area (Å²) in [6, 6.07) is 15.7. The Balaban J connectivity index is 1.33. The van der Waals surface area contributed by atoms with E-state index in [-0.39, 0.29) is 18.4 Å². The molecule has 1 N–H and O–H groups in total. The first-order chi connectivity index (χ1) is 14.1. The molecule has 2 heterocycles. The second-order valence-electron chi connectivity index (χ2n) is 7.36. The summed E-state index contributed by atoms with van der Waals surface area (Å²) < 4.78 is 5.27. The van der Waals surface area contributed by atoms with Gasteiger partial charge in [0.2, 0.25) is 17.6 Å². The number of anilines is 1. The summed E-state index contributed by atoms with van der Waals surface area (Å²) in [4.78, 5) is 19.3. The summed E-state index contributed by atoms with van der Waals surface area (Å²) in [5.41, 5.74) is 3.21. The lowest BCUT2D eigenvalue weighted by Gasteiger charge is -2.33. The average molecular weight is 411 g/mol. The van der Waals surface area contributed by atoms with Crippen molar-refractivity contribution < 1.29 is 9.32 Å². The number of rotatable bonds is 5. The van der Waals surface area contributed by atoms with Crippen LogP contribution in [0.5, 0.6) is 0 Å². The Morgan fingerprint density at radius 3 is 2.72 bits per heavy atom. The van der Waals surface area contributed by atoms with Gasteiger partial charge in [-0.25, -0.2) is 0 Å². The van der Waals surface area contributed by atoms with Crippen LogP contribution in [-0.4, -0.2) is 29.1 Å². The van der Waals surface area contributed by atoms with Gasteiger partial charge in [0.1, 0.15) is 0 Å². The molecule has 1 aromatic heterocycles. The molecule has 0 spiro atoms. The van der Waals surface area contributed by atoms with Gasteiger partial charge in [0.15, 0.2) is 0 Å². The minimum atomic E-state index is -0.0521. The number of amides is 1. The van der Waals surface area contributed by atoms with Crippen LogP contribution in [0.25, 0.3) is 11.4 Å². The molecule has 29 heavy (non-hydrogen) atoms. The van der Waals surface area contributed by atoms with E-state index in [1.165, 1.54) is 5.56 Å². The third-order valence-corrected chi connectivity index (χ3v) is 5.43. The molecule has 3 aromatic rings. The number of hydrogen-bond acceptors (Lipinski definition) is 5. The van der Waals surface area contributed by atoms with E-state index >= 15 is 0 Å². The zero-order valence-corrected chi connectivity index (χ0v) is 17.0. The third kappa shape index (κ3) is 4.77. The van der Waals surface area contributed by atoms with Crippen LogP contribution in [-0.2, 0) is 11.3 Å². The summed E-state index contributed by atoms with van der Waals surface area (Å²) in [6.45, 7) is 3.99. The first-order valence-corrected chi connectivity index (χ1v) is 10.1. The van der Waals surface area contributed by atoms with Gasteiger partial charge in [0.05, 0.1) is 12.5 Å². The van der Waals surface area contributed by atoms with Gasteiger partial charge >= 0.3 is 0 Å². The van der Waals surface area contributed by atoms with Crippen LogP contribution in [0.3, 0.4) is 0 Å². The summed E-state index contributed by atoms with van der Waals surface area (Å²) >= 11 is 5.90. The van der Waals surface area contributed by atoms with Gasteiger partial charge in [-0.1, -0.05) is 34.5 Å². The Labute approximate surface area is 174 Å². The van der Waals surface area contributed by atoms with Gasteiger partial charge in [-0.2, -0.15) is 4.98 Å². The molecule has 1 aliphatic heterocycles. The van der Waals surface area contributed by atoms with Gasteiger partial charge in [0, 0.05) is 29.4 Å². The Hall–Kier alpha value is -2.86. The second-order valence-corrected chi connectivity index (χ2v) is 7.79. The fourth-order valence-electron chi connectivity index (χ4n) is 3.53. The number of carbonyl (C=O) groups is 1. The molecule has 1 atom stereocenters. The molecular formula is C22H23ClN4O2. The molecule has 0 bridgehead atoms. The van der Waals surface area contributed by atoms with Crippen molar-refractivity contribution in [3.63, 3.8) is 0 Å². The molecule has 1 saturated heterocycles. The van der Waals surface area contributed by atoms with Gasteiger partial charge in [-0.15, -0.1) is 0 Å². The number of halogens is 1. The van der Waals surface area contributed by atoms with Gasteiger partial charge < -0.3 is 14.7 Å². The first-order valence-electron chi connectivity index (χ1n) is 9.76. The maximum absolute atomic E-state index is 12.7. The van der Waals surface area contributed by atoms with Crippen LogP contribution in [0.1, 0.15) is 24.3 Å². The second kappa shape index (κ2) is 8.66. The van der Waals surface area contributed by atoms with Crippen molar-refractivity contribution >= 4 is 23.2 Å². The number of aryl methyl sites for hydroxylation is 1. The Morgan fingerprint density at radius 2 is 1.97 bits per heavy atom. The maximum Gasteiger partial charge on any atom is 0.246 e. The third-order valence-electron chi connectivity index (χ3n) is 5.18. The highest BCUT2D eigenvalue weighted by atomic mass is 35.5. The number of nitrogens with one attached hydrogen (secondary N) is 1. The highest BCUT2D eigenvalue weighted by Crippen LogP contribution is 2.24. The molecule has 2 aromatic carbocycles. The quantitative estimate of drug-likeness (QED) is 0.681. The van der Waals surface area contributed by atoms with E-state index in [0.717, 1.165) is 37.2 Å². The molecule has 0 aliphatic carbocycles. The minimum absolute atomic E-state index is 0.0213. The SMILES string of the molecule is Cc1ccc(N2CCCC(C(=O)NCc3nc(-c4ccc(Cl)cc4)no3)C2)cc1.